The molecule has 7 nitrogen and oxygen atoms in total. The quantitative estimate of drug-likeness (QED) is 0.478. The summed E-state index contributed by atoms with van der Waals surface area (Å²) in [4.78, 5) is 17.7. The van der Waals surface area contributed by atoms with Crippen LogP contribution in [0.1, 0.15) is 5.56 Å². The molecule has 0 spiro atoms. The molecule has 0 N–H and O–H groups in total. The van der Waals surface area contributed by atoms with Crippen LogP contribution in [-0.2, 0) is 6.42 Å². The van der Waals surface area contributed by atoms with Gasteiger partial charge in [0, 0.05) is 25.4 Å². The minimum absolute atomic E-state index is 0.132. The highest BCUT2D eigenvalue weighted by molar-refractivity contribution is 5.94. The average molecular weight is 379 g/mol. The molecule has 3 aromatic rings. The van der Waals surface area contributed by atoms with Gasteiger partial charge >= 0.3 is 5.69 Å². The second kappa shape index (κ2) is 7.34. The first kappa shape index (κ1) is 18.0. The van der Waals surface area contributed by atoms with E-state index in [-0.39, 0.29) is 10.6 Å². The van der Waals surface area contributed by atoms with Crippen molar-refractivity contribution >= 4 is 22.3 Å². The maximum absolute atomic E-state index is 11.7. The summed E-state index contributed by atoms with van der Waals surface area (Å²) in [6.45, 7) is 1.54. The van der Waals surface area contributed by atoms with Crippen LogP contribution in [0.4, 0.5) is 11.4 Å². The van der Waals surface area contributed by atoms with Gasteiger partial charge in [-0.05, 0) is 54.3 Å². The summed E-state index contributed by atoms with van der Waals surface area (Å²) in [5.74, 6) is 1.95. The Morgan fingerprint density at radius 2 is 1.86 bits per heavy atom. The van der Waals surface area contributed by atoms with Gasteiger partial charge in [-0.3, -0.25) is 15.1 Å². The van der Waals surface area contributed by atoms with Crippen LogP contribution < -0.4 is 14.4 Å². The van der Waals surface area contributed by atoms with E-state index in [9.17, 15) is 10.1 Å². The van der Waals surface area contributed by atoms with E-state index in [0.29, 0.717) is 22.5 Å². The standard InChI is InChI=1S/C21H21N3O4/c1-27-16-9-14(10-17(11-16)28-2)8-15-12-23(13-15)20-6-5-19-18(4-3-7-22-19)21(20)24(25)26/h3-7,9-11,15H,8,12-13H2,1-2H3. The van der Waals surface area contributed by atoms with Gasteiger partial charge in [0.15, 0.2) is 0 Å². The zero-order valence-corrected chi connectivity index (χ0v) is 15.8. The fraction of sp³-hybridized carbons (Fsp3) is 0.286. The molecule has 1 saturated heterocycles. The third-order valence-corrected chi connectivity index (χ3v) is 5.15. The van der Waals surface area contributed by atoms with E-state index < -0.39 is 0 Å². The number of benzene rings is 2. The normalized spacial score (nSPS) is 14.0. The SMILES string of the molecule is COc1cc(CC2CN(c3ccc4ncccc4c3[N+](=O)[O-])C2)cc(OC)c1. The summed E-state index contributed by atoms with van der Waals surface area (Å²) in [5, 5.41) is 12.3. The largest absolute Gasteiger partial charge is 0.497 e. The molecule has 1 aliphatic heterocycles. The lowest BCUT2D eigenvalue weighted by Gasteiger charge is -2.41. The molecule has 1 aromatic heterocycles. The van der Waals surface area contributed by atoms with E-state index in [1.54, 1.807) is 38.6 Å². The number of nitro groups is 1. The molecule has 0 radical (unpaired) electrons. The number of hydrogen-bond acceptors (Lipinski definition) is 6. The minimum Gasteiger partial charge on any atom is -0.497 e. The summed E-state index contributed by atoms with van der Waals surface area (Å²) in [6.07, 6.45) is 2.51. The number of aromatic nitrogens is 1. The molecule has 0 aliphatic carbocycles. The van der Waals surface area contributed by atoms with Gasteiger partial charge < -0.3 is 14.4 Å². The van der Waals surface area contributed by atoms with Gasteiger partial charge in [0.25, 0.3) is 0 Å². The van der Waals surface area contributed by atoms with Crippen molar-refractivity contribution in [3.05, 3.63) is 64.3 Å². The molecule has 2 aromatic carbocycles. The Balaban J connectivity index is 1.53. The molecule has 0 unspecified atom stereocenters. The van der Waals surface area contributed by atoms with Crippen LogP contribution in [0.15, 0.2) is 48.7 Å². The highest BCUT2D eigenvalue weighted by atomic mass is 16.6. The molecule has 28 heavy (non-hydrogen) atoms. The Kier molecular flexibility index (Phi) is 4.73. The average Bonchev–Trinajstić information content (AvgIpc) is 2.69. The summed E-state index contributed by atoms with van der Waals surface area (Å²) >= 11 is 0. The Bertz CT molecular complexity index is 1010. The Labute approximate surface area is 162 Å². The second-order valence-corrected chi connectivity index (χ2v) is 6.96. The molecule has 4 rings (SSSR count). The molecule has 1 fully saturated rings. The van der Waals surface area contributed by atoms with Gasteiger partial charge in [-0.15, -0.1) is 0 Å². The number of nitrogens with zero attached hydrogens (tertiary/aromatic N) is 3. The van der Waals surface area contributed by atoms with Crippen LogP contribution >= 0.6 is 0 Å². The predicted molar refractivity (Wildman–Crippen MR) is 107 cm³/mol. The lowest BCUT2D eigenvalue weighted by molar-refractivity contribution is -0.382. The second-order valence-electron chi connectivity index (χ2n) is 6.96. The minimum atomic E-state index is -0.306. The van der Waals surface area contributed by atoms with Crippen LogP contribution in [-0.4, -0.2) is 37.2 Å². The third-order valence-electron chi connectivity index (χ3n) is 5.15. The Morgan fingerprint density at radius 3 is 2.50 bits per heavy atom. The van der Waals surface area contributed by atoms with Gasteiger partial charge in [0.05, 0.1) is 30.0 Å². The van der Waals surface area contributed by atoms with E-state index >= 15 is 0 Å². The fourth-order valence-electron chi connectivity index (χ4n) is 3.79. The van der Waals surface area contributed by atoms with Crippen molar-refractivity contribution in [2.75, 3.05) is 32.2 Å². The number of ether oxygens (including phenoxy) is 2. The number of fused-ring (bicyclic) bond motifs is 1. The molecule has 7 heteroatoms. The smallest absolute Gasteiger partial charge is 0.301 e. The fourth-order valence-corrected chi connectivity index (χ4v) is 3.79. The van der Waals surface area contributed by atoms with E-state index in [1.807, 2.05) is 24.3 Å². The molecule has 2 heterocycles. The summed E-state index contributed by atoms with van der Waals surface area (Å²) in [6, 6.07) is 13.0. The lowest BCUT2D eigenvalue weighted by atomic mass is 9.91. The summed E-state index contributed by atoms with van der Waals surface area (Å²) in [5.41, 5.74) is 2.56. The van der Waals surface area contributed by atoms with Crippen molar-refractivity contribution in [1.29, 1.82) is 0 Å². The van der Waals surface area contributed by atoms with Crippen LogP contribution in [0.25, 0.3) is 10.9 Å². The number of pyridine rings is 1. The van der Waals surface area contributed by atoms with Gasteiger partial charge in [0.2, 0.25) is 0 Å². The van der Waals surface area contributed by atoms with E-state index in [2.05, 4.69) is 9.88 Å². The van der Waals surface area contributed by atoms with E-state index in [4.69, 9.17) is 9.47 Å². The number of anilines is 1. The van der Waals surface area contributed by atoms with Crippen molar-refractivity contribution in [3.8, 4) is 11.5 Å². The number of hydrogen-bond donors (Lipinski definition) is 0. The summed E-state index contributed by atoms with van der Waals surface area (Å²) in [7, 11) is 3.27. The number of rotatable bonds is 6. The van der Waals surface area contributed by atoms with Crippen molar-refractivity contribution < 1.29 is 14.4 Å². The van der Waals surface area contributed by atoms with Crippen molar-refractivity contribution in [1.82, 2.24) is 4.98 Å². The van der Waals surface area contributed by atoms with E-state index in [0.717, 1.165) is 36.6 Å². The Morgan fingerprint density at radius 1 is 1.14 bits per heavy atom. The topological polar surface area (TPSA) is 77.7 Å². The maximum atomic E-state index is 11.7. The maximum Gasteiger partial charge on any atom is 0.301 e. The molecular weight excluding hydrogens is 358 g/mol. The van der Waals surface area contributed by atoms with Crippen LogP contribution in [0, 0.1) is 16.0 Å². The third kappa shape index (κ3) is 3.31. The first-order valence-electron chi connectivity index (χ1n) is 9.08. The molecule has 1 aliphatic rings. The van der Waals surface area contributed by atoms with Gasteiger partial charge in [-0.1, -0.05) is 0 Å². The molecular formula is C21H21N3O4. The first-order valence-corrected chi connectivity index (χ1v) is 9.08. The highest BCUT2D eigenvalue weighted by Crippen LogP contribution is 2.39. The van der Waals surface area contributed by atoms with Crippen LogP contribution in [0.5, 0.6) is 11.5 Å². The molecule has 0 saturated carbocycles. The highest BCUT2D eigenvalue weighted by Gasteiger charge is 2.32. The van der Waals surface area contributed by atoms with E-state index in [1.165, 1.54) is 0 Å². The van der Waals surface area contributed by atoms with Gasteiger partial charge in [-0.2, -0.15) is 0 Å². The first-order chi connectivity index (χ1) is 13.6. The monoisotopic (exact) mass is 379 g/mol. The van der Waals surface area contributed by atoms with Gasteiger partial charge in [0.1, 0.15) is 17.2 Å². The molecule has 0 atom stereocenters. The molecule has 0 amide bonds. The number of methoxy groups -OCH3 is 2. The Hall–Kier alpha value is -3.35. The zero-order valence-electron chi connectivity index (χ0n) is 15.8. The lowest BCUT2D eigenvalue weighted by Crippen LogP contribution is -2.48. The van der Waals surface area contributed by atoms with Crippen molar-refractivity contribution in [2.24, 2.45) is 5.92 Å². The summed E-state index contributed by atoms with van der Waals surface area (Å²) < 4.78 is 10.7. The van der Waals surface area contributed by atoms with Gasteiger partial charge in [-0.25, -0.2) is 0 Å². The number of nitro benzene ring substituents is 1. The van der Waals surface area contributed by atoms with Crippen LogP contribution in [0.3, 0.4) is 0 Å². The zero-order chi connectivity index (χ0) is 19.7. The van der Waals surface area contributed by atoms with Crippen molar-refractivity contribution in [3.63, 3.8) is 0 Å². The van der Waals surface area contributed by atoms with Crippen LogP contribution in [0.2, 0.25) is 0 Å². The predicted octanol–water partition coefficient (Wildman–Crippen LogP) is 3.84. The van der Waals surface area contributed by atoms with Crippen molar-refractivity contribution in [2.45, 2.75) is 6.42 Å². The molecule has 144 valence electrons. The molecule has 0 bridgehead atoms.